The van der Waals surface area contributed by atoms with Gasteiger partial charge in [-0.1, -0.05) is 44.5 Å². The Balaban J connectivity index is 1.33. The number of aliphatic carboxylic acids is 2. The van der Waals surface area contributed by atoms with Crippen molar-refractivity contribution >= 4 is 132 Å². The third-order valence-electron chi connectivity index (χ3n) is 19.4. The SMILES string of the molecule is CC(=O)N[C@@H](CCCCNC(=O)CCCC[C@@H]1SC[C@@H]2NC(=O)N[C@@H]21)C(=O)N[C@@H](CCC(=O)O)C(=O)N1CCC[C@H]1C(=O)N[C@@H](CCC(N)=O)C(=O)N[C@@H](Cc1ccc(C(F)(F)P(=O)(O)O)cc1)C(=O)N[C@@H](CCC(N)=O)C(=O)N1CCC[C@H]1C(=O)NCC(=O)N[C@@H](CCC(=O)O)C(=O)N[C@@H](CC(N)=O)C(=O)N[C@@H](CC(C)C)C(N)=O. The molecule has 4 aliphatic rings. The lowest BCUT2D eigenvalue weighted by Crippen LogP contribution is -2.60. The first kappa shape index (κ1) is 95.9. The van der Waals surface area contributed by atoms with Gasteiger partial charge in [-0.3, -0.25) is 90.9 Å². The molecule has 18 amide bonds. The molecule has 116 heavy (non-hydrogen) atoms. The molecule has 0 unspecified atom stereocenters. The van der Waals surface area contributed by atoms with Crippen LogP contribution in [0.3, 0.4) is 0 Å². The van der Waals surface area contributed by atoms with Crippen molar-refractivity contribution in [2.45, 2.75) is 245 Å². The summed E-state index contributed by atoms with van der Waals surface area (Å²) in [4.78, 5) is 272. The fraction of sp³-hybridized carbons (Fsp3) is 0.643. The molecular formula is C70H105F2N18O24PS. The second-order valence-corrected chi connectivity index (χ2v) is 32.0. The number of amides is 18. The summed E-state index contributed by atoms with van der Waals surface area (Å²) >= 11 is 1.76. The Bertz CT molecular complexity index is 3840. The Labute approximate surface area is 668 Å². The van der Waals surface area contributed by atoms with E-state index in [2.05, 4.69) is 63.8 Å². The monoisotopic (exact) mass is 1680 g/mol. The van der Waals surface area contributed by atoms with Gasteiger partial charge in [0.05, 0.1) is 25.0 Å². The summed E-state index contributed by atoms with van der Waals surface area (Å²) in [6.45, 7) is 3.38. The summed E-state index contributed by atoms with van der Waals surface area (Å²) < 4.78 is 41.7. The number of fused-ring (bicyclic) bond motifs is 1. The number of carbonyl (C=O) groups excluding carboxylic acids is 17. The Morgan fingerprint density at radius 1 is 0.560 bits per heavy atom. The summed E-state index contributed by atoms with van der Waals surface area (Å²) in [6.07, 6.45) is -3.74. The molecule has 13 atom stereocenters. The predicted octanol–water partition coefficient (Wildman–Crippen LogP) is -4.87. The zero-order valence-corrected chi connectivity index (χ0v) is 66.0. The molecule has 4 saturated heterocycles. The number of nitrogens with two attached hydrogens (primary N) is 4. The molecule has 4 aliphatic heterocycles. The molecule has 0 saturated carbocycles. The van der Waals surface area contributed by atoms with Crippen molar-refractivity contribution in [3.63, 3.8) is 0 Å². The summed E-state index contributed by atoms with van der Waals surface area (Å²) in [5.74, 6) is -18.3. The number of likely N-dealkylation sites (tertiary alicyclic amines) is 2. The van der Waals surface area contributed by atoms with Crippen LogP contribution in [0.4, 0.5) is 13.6 Å². The number of unbranched alkanes of at least 4 members (excludes halogenated alkanes) is 2. The molecule has 24 N–H and O–H groups in total. The van der Waals surface area contributed by atoms with Crippen LogP contribution in [0.1, 0.15) is 167 Å². The number of urea groups is 1. The van der Waals surface area contributed by atoms with Crippen LogP contribution in [0.2, 0.25) is 0 Å². The van der Waals surface area contributed by atoms with Crippen LogP contribution in [0.5, 0.6) is 0 Å². The molecule has 1 aromatic carbocycles. The number of halogens is 2. The van der Waals surface area contributed by atoms with Crippen LogP contribution in [0, 0.1) is 5.92 Å². The molecule has 644 valence electrons. The first-order chi connectivity index (χ1) is 54.5. The van der Waals surface area contributed by atoms with E-state index in [1.54, 1.807) is 25.6 Å². The number of carboxylic acid groups (broad SMARTS) is 2. The molecule has 4 fully saturated rings. The number of carbonyl (C=O) groups is 19. The minimum atomic E-state index is -6.14. The normalized spacial score (nSPS) is 19.1. The number of hydrogen-bond acceptors (Lipinski definition) is 21. The zero-order chi connectivity index (χ0) is 86.5. The quantitative estimate of drug-likeness (QED) is 0.0165. The Morgan fingerprint density at radius 3 is 1.58 bits per heavy atom. The molecule has 0 spiro atoms. The maximum atomic E-state index is 14.9. The highest BCUT2D eigenvalue weighted by Gasteiger charge is 2.51. The van der Waals surface area contributed by atoms with Crippen molar-refractivity contribution in [1.29, 1.82) is 0 Å². The van der Waals surface area contributed by atoms with E-state index >= 15 is 0 Å². The standard InChI is InChI=1S/C70H105F2N18O24PS/c1-35(2)30-44(59(76)101)84-64(106)46(32-53(75)94)86-61(103)40(21-25-56(97)98)80-55(96)33-78-65(107)48-11-8-28-89(48)67(109)42(20-24-52(74)93)83-63(105)45(31-37-15-17-38(18-16-37)70(71,72)115(112,113)114)85-62(104)41(19-23-51(73)92)81-66(108)49-12-9-29-90(49)68(110)43(22-26-57(99)100)82-60(102)39(79-36(3)91)10-6-7-27-77-54(95)14-5-4-13-50-58-47(34-116-50)87-69(111)88-58/h15-18,35,39-50,58H,4-14,19-34H2,1-3H3,(H2,73,92)(H2,74,93)(H2,75,94)(H2,76,101)(H,77,95)(H,78,107)(H,79,91)(H,80,96)(H,81,108)(H,82,102)(H,83,105)(H,84,106)(H,85,104)(H,86,103)(H,97,98)(H,99,100)(H2,87,88,111)(H2,112,113,114)/t39-,40-,41-,42-,43-,44-,45-,46-,47-,48-,49-,50-,58-/m0/s1. The Kier molecular flexibility index (Phi) is 37.7. The number of carboxylic acids is 2. The number of nitrogens with one attached hydrogen (secondary N) is 12. The van der Waals surface area contributed by atoms with E-state index in [0.717, 1.165) is 47.5 Å². The van der Waals surface area contributed by atoms with E-state index in [1.807, 2.05) is 0 Å². The Hall–Kier alpha value is -10.7. The number of hydrogen-bond donors (Lipinski definition) is 20. The summed E-state index contributed by atoms with van der Waals surface area (Å²) in [5.41, 5.74) is 15.7. The fourth-order valence-corrected chi connectivity index (χ4v) is 15.5. The number of nitrogens with zero attached hydrogens (tertiary/aromatic N) is 2. The maximum Gasteiger partial charge on any atom is 0.399 e. The molecular weight excluding hydrogens is 1580 g/mol. The maximum absolute atomic E-state index is 14.9. The summed E-state index contributed by atoms with van der Waals surface area (Å²) in [5, 5.41) is 49.3. The lowest BCUT2D eigenvalue weighted by Gasteiger charge is -2.31. The van der Waals surface area contributed by atoms with Gasteiger partial charge in [0.25, 0.3) is 0 Å². The number of thioether (sulfide) groups is 1. The van der Waals surface area contributed by atoms with E-state index in [0.29, 0.717) is 25.0 Å². The first-order valence-corrected chi connectivity index (χ1v) is 40.5. The van der Waals surface area contributed by atoms with Crippen LogP contribution >= 0.6 is 19.4 Å². The van der Waals surface area contributed by atoms with Gasteiger partial charge in [-0.15, -0.1) is 0 Å². The zero-order valence-electron chi connectivity index (χ0n) is 64.3. The molecule has 5 rings (SSSR count). The van der Waals surface area contributed by atoms with Crippen molar-refractivity contribution in [3.8, 4) is 0 Å². The smallest absolute Gasteiger partial charge is 0.399 e. The summed E-state index contributed by atoms with van der Waals surface area (Å²) in [6, 6.07) is -13.5. The highest BCUT2D eigenvalue weighted by atomic mass is 32.2. The number of rotatable bonds is 50. The molecule has 0 aromatic heterocycles. The molecule has 0 aliphatic carbocycles. The largest absolute Gasteiger partial charge is 0.481 e. The van der Waals surface area contributed by atoms with Crippen LogP contribution in [0.15, 0.2) is 24.3 Å². The van der Waals surface area contributed by atoms with Gasteiger partial charge in [-0.05, 0) is 101 Å². The van der Waals surface area contributed by atoms with Gasteiger partial charge in [0.1, 0.15) is 60.4 Å². The van der Waals surface area contributed by atoms with Crippen molar-refractivity contribution in [1.82, 2.24) is 73.6 Å². The molecule has 42 nitrogen and oxygen atoms in total. The van der Waals surface area contributed by atoms with Crippen LogP contribution in [-0.2, 0) is 103 Å². The van der Waals surface area contributed by atoms with Gasteiger partial charge in [0, 0.05) is 81.6 Å². The lowest BCUT2D eigenvalue weighted by atomic mass is 10.0. The second kappa shape index (κ2) is 45.6. The fourth-order valence-electron chi connectivity index (χ4n) is 13.5. The minimum absolute atomic E-state index is 0.0135. The van der Waals surface area contributed by atoms with Crippen LogP contribution < -0.4 is 86.7 Å². The third kappa shape index (κ3) is 30.8. The second-order valence-electron chi connectivity index (χ2n) is 29.1. The highest BCUT2D eigenvalue weighted by Crippen LogP contribution is 2.59. The van der Waals surface area contributed by atoms with Crippen molar-refractivity contribution < 1.29 is 124 Å². The van der Waals surface area contributed by atoms with E-state index < -0.39 is 251 Å². The van der Waals surface area contributed by atoms with Crippen molar-refractivity contribution in [2.75, 3.05) is 31.9 Å². The van der Waals surface area contributed by atoms with Gasteiger partial charge in [-0.25, -0.2) is 4.79 Å². The average molecular weight is 1680 g/mol. The van der Waals surface area contributed by atoms with Gasteiger partial charge in [0.15, 0.2) is 0 Å². The topological polar surface area (TPSA) is 677 Å². The number of benzene rings is 1. The molecule has 4 heterocycles. The van der Waals surface area contributed by atoms with E-state index in [-0.39, 0.29) is 112 Å². The first-order valence-electron chi connectivity index (χ1n) is 37.8. The number of primary amides is 4. The molecule has 46 heteroatoms. The Morgan fingerprint density at radius 2 is 1.05 bits per heavy atom. The van der Waals surface area contributed by atoms with Gasteiger partial charge < -0.3 is 117 Å². The van der Waals surface area contributed by atoms with E-state index in [9.17, 15) is 124 Å². The number of alkyl halides is 2. The molecule has 0 radical (unpaired) electrons. The van der Waals surface area contributed by atoms with Crippen molar-refractivity contribution in [3.05, 3.63) is 35.4 Å². The summed E-state index contributed by atoms with van der Waals surface area (Å²) in [7, 11) is -6.14. The van der Waals surface area contributed by atoms with E-state index in [1.165, 1.54) is 0 Å². The van der Waals surface area contributed by atoms with Crippen LogP contribution in [-0.4, -0.2) is 252 Å². The molecule has 0 bridgehead atoms. The predicted molar refractivity (Wildman–Crippen MR) is 404 cm³/mol. The third-order valence-corrected chi connectivity index (χ3v) is 21.9. The van der Waals surface area contributed by atoms with Gasteiger partial charge >= 0.3 is 31.2 Å². The van der Waals surface area contributed by atoms with E-state index in [4.69, 9.17) is 22.9 Å². The van der Waals surface area contributed by atoms with Crippen LogP contribution in [0.25, 0.3) is 0 Å². The van der Waals surface area contributed by atoms with Gasteiger partial charge in [0.2, 0.25) is 94.5 Å². The average Bonchev–Trinajstić information content (AvgIpc) is 1.09. The van der Waals surface area contributed by atoms with Gasteiger partial charge in [-0.2, -0.15) is 20.5 Å². The lowest BCUT2D eigenvalue weighted by molar-refractivity contribution is -0.143. The van der Waals surface area contributed by atoms with Crippen molar-refractivity contribution in [2.24, 2.45) is 28.9 Å². The molecule has 1 aromatic rings. The minimum Gasteiger partial charge on any atom is -0.481 e. The highest BCUT2D eigenvalue weighted by molar-refractivity contribution is 8.00.